The van der Waals surface area contributed by atoms with Crippen LogP contribution in [-0.4, -0.2) is 30.9 Å². The smallest absolute Gasteiger partial charge is 0.365 e. The van der Waals surface area contributed by atoms with Crippen molar-refractivity contribution in [2.45, 2.75) is 0 Å². The molecule has 1 aliphatic heterocycles. The molecule has 0 aliphatic carbocycles. The highest BCUT2D eigenvalue weighted by Crippen LogP contribution is 2.15. The van der Waals surface area contributed by atoms with E-state index in [0.717, 1.165) is 5.56 Å². The van der Waals surface area contributed by atoms with Crippen molar-refractivity contribution in [3.63, 3.8) is 0 Å². The average molecular weight is 216 g/mol. The zero-order chi connectivity index (χ0) is 11.5. The van der Waals surface area contributed by atoms with E-state index >= 15 is 0 Å². The first-order valence-corrected chi connectivity index (χ1v) is 4.91. The number of carbonyl (C=O) groups excluding carboxylic acids is 1. The first-order chi connectivity index (χ1) is 7.66. The summed E-state index contributed by atoms with van der Waals surface area (Å²) in [4.78, 5) is 17.4. The van der Waals surface area contributed by atoms with Crippen LogP contribution in [0.5, 0.6) is 0 Å². The van der Waals surface area contributed by atoms with E-state index < -0.39 is 5.97 Å². The Kier molecular flexibility index (Phi) is 2.72. The standard InChI is InChI=1S/C12H12N2O2/c1-14(2)8-10-12(15)16-11(13-10)9-6-4-3-5-7-9/h3-8H,1-2H3. The second-order valence-corrected chi connectivity index (χ2v) is 3.65. The molecule has 0 amide bonds. The van der Waals surface area contributed by atoms with Crippen LogP contribution in [0.2, 0.25) is 0 Å². The minimum absolute atomic E-state index is 0.323. The Balaban J connectivity index is 2.30. The number of ether oxygens (including phenoxy) is 1. The normalized spacial score (nSPS) is 17.2. The maximum atomic E-state index is 11.5. The summed E-state index contributed by atoms with van der Waals surface area (Å²) in [6.45, 7) is 0. The van der Waals surface area contributed by atoms with Crippen molar-refractivity contribution in [1.29, 1.82) is 0 Å². The molecule has 0 fully saturated rings. The van der Waals surface area contributed by atoms with Crippen molar-refractivity contribution < 1.29 is 9.53 Å². The number of aliphatic imine (C=N–C) groups is 1. The topological polar surface area (TPSA) is 41.9 Å². The highest BCUT2D eigenvalue weighted by molar-refractivity contribution is 6.11. The van der Waals surface area contributed by atoms with Gasteiger partial charge in [-0.15, -0.1) is 0 Å². The molecule has 1 aliphatic rings. The van der Waals surface area contributed by atoms with E-state index in [0.29, 0.717) is 11.6 Å². The molecule has 0 unspecified atom stereocenters. The third kappa shape index (κ3) is 2.11. The van der Waals surface area contributed by atoms with Gasteiger partial charge in [-0.1, -0.05) is 18.2 Å². The molecular weight excluding hydrogens is 204 g/mol. The number of carbonyl (C=O) groups is 1. The van der Waals surface area contributed by atoms with Crippen LogP contribution < -0.4 is 0 Å². The van der Waals surface area contributed by atoms with Gasteiger partial charge in [-0.3, -0.25) is 0 Å². The number of esters is 1. The number of hydrogen-bond donors (Lipinski definition) is 0. The lowest BCUT2D eigenvalue weighted by Gasteiger charge is -2.02. The molecule has 4 heteroatoms. The Morgan fingerprint density at radius 1 is 1.25 bits per heavy atom. The molecule has 4 nitrogen and oxygen atoms in total. The van der Waals surface area contributed by atoms with Crippen LogP contribution in [0.15, 0.2) is 47.2 Å². The summed E-state index contributed by atoms with van der Waals surface area (Å²) in [6, 6.07) is 9.35. The summed E-state index contributed by atoms with van der Waals surface area (Å²) < 4.78 is 5.08. The van der Waals surface area contributed by atoms with E-state index in [2.05, 4.69) is 4.99 Å². The number of hydrogen-bond acceptors (Lipinski definition) is 4. The predicted molar refractivity (Wildman–Crippen MR) is 60.8 cm³/mol. The van der Waals surface area contributed by atoms with Gasteiger partial charge < -0.3 is 9.64 Å². The van der Waals surface area contributed by atoms with Crippen LogP contribution in [0.25, 0.3) is 0 Å². The molecule has 0 aromatic heterocycles. The molecule has 0 saturated carbocycles. The Hall–Kier alpha value is -2.10. The Labute approximate surface area is 93.9 Å². The average Bonchev–Trinajstić information content (AvgIpc) is 2.61. The van der Waals surface area contributed by atoms with Crippen LogP contribution >= 0.6 is 0 Å². The lowest BCUT2D eigenvalue weighted by atomic mass is 10.2. The number of nitrogens with zero attached hydrogens (tertiary/aromatic N) is 2. The molecule has 1 heterocycles. The molecule has 0 N–H and O–H groups in total. The van der Waals surface area contributed by atoms with Gasteiger partial charge >= 0.3 is 5.97 Å². The fourth-order valence-electron chi connectivity index (χ4n) is 1.35. The van der Waals surface area contributed by atoms with Crippen molar-refractivity contribution in [3.05, 3.63) is 47.8 Å². The van der Waals surface area contributed by atoms with Crippen LogP contribution in [0.3, 0.4) is 0 Å². The second-order valence-electron chi connectivity index (χ2n) is 3.65. The second kappa shape index (κ2) is 4.18. The lowest BCUT2D eigenvalue weighted by Crippen LogP contribution is -2.07. The molecule has 0 saturated heterocycles. The fourth-order valence-corrected chi connectivity index (χ4v) is 1.35. The summed E-state index contributed by atoms with van der Waals surface area (Å²) in [5.41, 5.74) is 1.13. The van der Waals surface area contributed by atoms with Crippen LogP contribution in [0, 0.1) is 0 Å². The van der Waals surface area contributed by atoms with Crippen LogP contribution in [-0.2, 0) is 9.53 Å². The number of cyclic esters (lactones) is 1. The SMILES string of the molecule is CN(C)C=C1N=C(c2ccccc2)OC1=O. The van der Waals surface area contributed by atoms with Crippen molar-refractivity contribution in [1.82, 2.24) is 4.90 Å². The summed E-state index contributed by atoms with van der Waals surface area (Å²) in [6.07, 6.45) is 1.64. The van der Waals surface area contributed by atoms with Crippen LogP contribution in [0.1, 0.15) is 5.56 Å². The largest absolute Gasteiger partial charge is 0.402 e. The van der Waals surface area contributed by atoms with Crippen molar-refractivity contribution in [2.24, 2.45) is 4.99 Å². The molecule has 2 rings (SSSR count). The van der Waals surface area contributed by atoms with Gasteiger partial charge in [-0.05, 0) is 12.1 Å². The van der Waals surface area contributed by atoms with Gasteiger partial charge in [0.2, 0.25) is 5.90 Å². The molecule has 0 spiro atoms. The molecule has 1 aromatic carbocycles. The fraction of sp³-hybridized carbons (Fsp3) is 0.167. The predicted octanol–water partition coefficient (Wildman–Crippen LogP) is 1.39. The van der Waals surface area contributed by atoms with Gasteiger partial charge in [-0.2, -0.15) is 0 Å². The van der Waals surface area contributed by atoms with E-state index in [4.69, 9.17) is 4.74 Å². The highest BCUT2D eigenvalue weighted by atomic mass is 16.6. The van der Waals surface area contributed by atoms with Crippen LogP contribution in [0.4, 0.5) is 0 Å². The van der Waals surface area contributed by atoms with E-state index in [-0.39, 0.29) is 0 Å². The molecule has 1 aromatic rings. The first-order valence-electron chi connectivity index (χ1n) is 4.91. The highest BCUT2D eigenvalue weighted by Gasteiger charge is 2.23. The number of rotatable bonds is 2. The lowest BCUT2D eigenvalue weighted by molar-refractivity contribution is -0.130. The van der Waals surface area contributed by atoms with Gasteiger partial charge in [-0.25, -0.2) is 9.79 Å². The van der Waals surface area contributed by atoms with Gasteiger partial charge in [0.25, 0.3) is 0 Å². The summed E-state index contributed by atoms with van der Waals surface area (Å²) >= 11 is 0. The van der Waals surface area contributed by atoms with Gasteiger partial charge in [0, 0.05) is 25.9 Å². The van der Waals surface area contributed by atoms with Crippen molar-refractivity contribution in [2.75, 3.05) is 14.1 Å². The van der Waals surface area contributed by atoms with Gasteiger partial charge in [0.1, 0.15) is 0 Å². The Bertz CT molecular complexity index is 461. The Morgan fingerprint density at radius 3 is 2.56 bits per heavy atom. The van der Waals surface area contributed by atoms with E-state index in [1.54, 1.807) is 11.1 Å². The summed E-state index contributed by atoms with van der Waals surface area (Å²) in [7, 11) is 3.66. The van der Waals surface area contributed by atoms with Gasteiger partial charge in [0.15, 0.2) is 5.70 Å². The van der Waals surface area contributed by atoms with Crippen molar-refractivity contribution >= 4 is 11.9 Å². The monoisotopic (exact) mass is 216 g/mol. The van der Waals surface area contributed by atoms with E-state index in [1.807, 2.05) is 44.4 Å². The van der Waals surface area contributed by atoms with Crippen molar-refractivity contribution in [3.8, 4) is 0 Å². The minimum Gasteiger partial charge on any atom is -0.402 e. The molecule has 0 atom stereocenters. The van der Waals surface area contributed by atoms with Gasteiger partial charge in [0.05, 0.1) is 0 Å². The molecule has 16 heavy (non-hydrogen) atoms. The van der Waals surface area contributed by atoms with E-state index in [1.165, 1.54) is 0 Å². The molecular formula is C12H12N2O2. The third-order valence-corrected chi connectivity index (χ3v) is 2.02. The molecule has 0 radical (unpaired) electrons. The Morgan fingerprint density at radius 2 is 1.94 bits per heavy atom. The maximum Gasteiger partial charge on any atom is 0.365 e. The third-order valence-electron chi connectivity index (χ3n) is 2.02. The zero-order valence-corrected chi connectivity index (χ0v) is 9.18. The summed E-state index contributed by atoms with van der Waals surface area (Å²) in [5.74, 6) is -0.0498. The quantitative estimate of drug-likeness (QED) is 0.554. The minimum atomic E-state index is -0.410. The first kappa shape index (κ1) is 10.4. The number of benzene rings is 1. The molecule has 0 bridgehead atoms. The maximum absolute atomic E-state index is 11.5. The van der Waals surface area contributed by atoms with E-state index in [9.17, 15) is 4.79 Å². The summed E-state index contributed by atoms with van der Waals surface area (Å²) in [5, 5.41) is 0. The zero-order valence-electron chi connectivity index (χ0n) is 9.18. The molecule has 82 valence electrons.